The van der Waals surface area contributed by atoms with Crippen LogP contribution in [0.4, 0.5) is 4.79 Å². The predicted molar refractivity (Wildman–Crippen MR) is 56.9 cm³/mol. The van der Waals surface area contributed by atoms with E-state index in [-0.39, 0.29) is 0 Å². The second-order valence-electron chi connectivity index (χ2n) is 4.63. The van der Waals surface area contributed by atoms with Crippen molar-refractivity contribution in [2.24, 2.45) is 0 Å². The van der Waals surface area contributed by atoms with Crippen LogP contribution in [0.2, 0.25) is 0 Å². The minimum absolute atomic E-state index is 0.440. The number of alkyl carbamates (subject to hydrolysis) is 1. The van der Waals surface area contributed by atoms with Gasteiger partial charge in [-0.05, 0) is 41.5 Å². The van der Waals surface area contributed by atoms with Gasteiger partial charge in [-0.3, -0.25) is 0 Å². The summed E-state index contributed by atoms with van der Waals surface area (Å²) in [5, 5.41) is 2.68. The maximum atomic E-state index is 11.3. The lowest BCUT2D eigenvalue weighted by molar-refractivity contribution is 0.0494. The average molecular weight is 197 g/mol. The van der Waals surface area contributed by atoms with Gasteiger partial charge in [0.1, 0.15) is 5.60 Å². The highest BCUT2D eigenvalue weighted by Gasteiger charge is 2.22. The molecule has 0 fully saturated rings. The van der Waals surface area contributed by atoms with Crippen molar-refractivity contribution in [2.75, 3.05) is 0 Å². The number of carbonyl (C=O) groups excluding carboxylic acids is 1. The molecule has 0 unspecified atom stereocenters. The van der Waals surface area contributed by atoms with Crippen LogP contribution in [0.3, 0.4) is 0 Å². The monoisotopic (exact) mass is 197 g/mol. The van der Waals surface area contributed by atoms with Crippen LogP contribution in [0.15, 0.2) is 0 Å². The molecule has 0 aromatic rings. The summed E-state index contributed by atoms with van der Waals surface area (Å²) in [7, 11) is 0. The van der Waals surface area contributed by atoms with Crippen molar-refractivity contribution in [3.8, 4) is 11.8 Å². The quantitative estimate of drug-likeness (QED) is 0.655. The zero-order valence-corrected chi connectivity index (χ0v) is 9.82. The first-order valence-electron chi connectivity index (χ1n) is 4.61. The molecule has 0 aliphatic heterocycles. The van der Waals surface area contributed by atoms with Crippen molar-refractivity contribution < 1.29 is 9.53 Å². The summed E-state index contributed by atoms with van der Waals surface area (Å²) in [6.45, 7) is 10.9. The van der Waals surface area contributed by atoms with Crippen molar-refractivity contribution in [2.45, 2.75) is 52.7 Å². The van der Waals surface area contributed by atoms with Crippen molar-refractivity contribution >= 4 is 6.09 Å². The summed E-state index contributed by atoms with van der Waals surface area (Å²) in [5.41, 5.74) is -1.02. The Morgan fingerprint density at radius 2 is 1.71 bits per heavy atom. The average Bonchev–Trinajstić information content (AvgIpc) is 1.78. The van der Waals surface area contributed by atoms with Gasteiger partial charge in [-0.15, -0.1) is 5.92 Å². The molecule has 0 spiro atoms. The summed E-state index contributed by atoms with van der Waals surface area (Å²) in [5.74, 6) is 5.63. The summed E-state index contributed by atoms with van der Waals surface area (Å²) >= 11 is 0. The van der Waals surface area contributed by atoms with Crippen molar-refractivity contribution in [3.63, 3.8) is 0 Å². The largest absolute Gasteiger partial charge is 0.444 e. The van der Waals surface area contributed by atoms with Crippen LogP contribution in [0.25, 0.3) is 0 Å². The van der Waals surface area contributed by atoms with E-state index in [1.54, 1.807) is 6.92 Å². The van der Waals surface area contributed by atoms with Crippen LogP contribution >= 0.6 is 0 Å². The minimum Gasteiger partial charge on any atom is -0.444 e. The maximum absolute atomic E-state index is 11.3. The van der Waals surface area contributed by atoms with Gasteiger partial charge in [0.15, 0.2) is 0 Å². The normalized spacial score (nSPS) is 11.3. The van der Waals surface area contributed by atoms with Gasteiger partial charge in [-0.25, -0.2) is 4.79 Å². The number of hydrogen-bond acceptors (Lipinski definition) is 2. The molecule has 0 saturated carbocycles. The smallest absolute Gasteiger partial charge is 0.408 e. The minimum atomic E-state index is -0.545. The van der Waals surface area contributed by atoms with Crippen LogP contribution in [0.5, 0.6) is 0 Å². The molecule has 80 valence electrons. The van der Waals surface area contributed by atoms with Crippen LogP contribution in [0, 0.1) is 11.8 Å². The Morgan fingerprint density at radius 3 is 2.07 bits per heavy atom. The van der Waals surface area contributed by atoms with Gasteiger partial charge in [0, 0.05) is 0 Å². The molecule has 0 bridgehead atoms. The zero-order valence-electron chi connectivity index (χ0n) is 9.82. The van der Waals surface area contributed by atoms with Crippen LogP contribution in [-0.4, -0.2) is 17.2 Å². The van der Waals surface area contributed by atoms with E-state index in [1.165, 1.54) is 0 Å². The van der Waals surface area contributed by atoms with Crippen LogP contribution in [-0.2, 0) is 4.74 Å². The third-order valence-electron chi connectivity index (χ3n) is 1.25. The van der Waals surface area contributed by atoms with Gasteiger partial charge in [-0.1, -0.05) is 5.92 Å². The summed E-state index contributed by atoms with van der Waals surface area (Å²) in [6, 6.07) is 0. The number of nitrogens with one attached hydrogen (secondary N) is 1. The van der Waals surface area contributed by atoms with Gasteiger partial charge in [-0.2, -0.15) is 0 Å². The van der Waals surface area contributed by atoms with Gasteiger partial charge >= 0.3 is 6.09 Å². The van der Waals surface area contributed by atoms with E-state index in [2.05, 4.69) is 17.2 Å². The standard InChI is InChI=1S/C11H19NO2/c1-7-8-11(5,6)12-9(13)14-10(2,3)4/h1-6H3,(H,12,13). The number of carbonyl (C=O) groups is 1. The van der Waals surface area contributed by atoms with Crippen molar-refractivity contribution in [3.05, 3.63) is 0 Å². The summed E-state index contributed by atoms with van der Waals surface area (Å²) in [6.07, 6.45) is -0.440. The molecule has 0 aromatic heterocycles. The predicted octanol–water partition coefficient (Wildman–Crippen LogP) is 2.31. The van der Waals surface area contributed by atoms with Gasteiger partial charge in [0.05, 0.1) is 5.54 Å². The lowest BCUT2D eigenvalue weighted by Gasteiger charge is -2.24. The zero-order chi connectivity index (χ0) is 11.4. The fourth-order valence-electron chi connectivity index (χ4n) is 0.903. The molecule has 0 heterocycles. The van der Waals surface area contributed by atoms with Crippen molar-refractivity contribution in [1.82, 2.24) is 5.32 Å². The molecule has 0 aromatic carbocycles. The van der Waals surface area contributed by atoms with Crippen molar-refractivity contribution in [1.29, 1.82) is 0 Å². The van der Waals surface area contributed by atoms with E-state index < -0.39 is 17.2 Å². The summed E-state index contributed by atoms with van der Waals surface area (Å²) < 4.78 is 5.10. The Kier molecular flexibility index (Phi) is 4.00. The van der Waals surface area contributed by atoms with Crippen LogP contribution < -0.4 is 5.32 Å². The lowest BCUT2D eigenvalue weighted by Crippen LogP contribution is -2.44. The van der Waals surface area contributed by atoms with E-state index in [0.29, 0.717) is 0 Å². The first-order chi connectivity index (χ1) is 6.16. The Labute approximate surface area is 86.2 Å². The SMILES string of the molecule is CC#CC(C)(C)NC(=O)OC(C)(C)C. The highest BCUT2D eigenvalue weighted by molar-refractivity contribution is 5.69. The molecule has 3 nitrogen and oxygen atoms in total. The Balaban J connectivity index is 4.25. The van der Waals surface area contributed by atoms with Gasteiger partial charge in [0.2, 0.25) is 0 Å². The molecule has 0 radical (unpaired) electrons. The molecule has 1 amide bonds. The Hall–Kier alpha value is -1.17. The summed E-state index contributed by atoms with van der Waals surface area (Å²) in [4.78, 5) is 11.3. The number of ether oxygens (including phenoxy) is 1. The molecule has 1 N–H and O–H groups in total. The first kappa shape index (κ1) is 12.8. The first-order valence-corrected chi connectivity index (χ1v) is 4.61. The van der Waals surface area contributed by atoms with Crippen LogP contribution in [0.1, 0.15) is 41.5 Å². The highest BCUT2D eigenvalue weighted by atomic mass is 16.6. The van der Waals surface area contributed by atoms with Gasteiger partial charge in [0.25, 0.3) is 0 Å². The van der Waals surface area contributed by atoms with E-state index in [9.17, 15) is 4.79 Å². The molecule has 0 rings (SSSR count). The molecular weight excluding hydrogens is 178 g/mol. The second kappa shape index (κ2) is 4.36. The maximum Gasteiger partial charge on any atom is 0.408 e. The van der Waals surface area contributed by atoms with Gasteiger partial charge < -0.3 is 10.1 Å². The molecule has 0 atom stereocenters. The van der Waals surface area contributed by atoms with E-state index in [4.69, 9.17) is 4.74 Å². The third kappa shape index (κ3) is 6.36. The Bertz CT molecular complexity index is 263. The molecule has 0 aliphatic rings. The topological polar surface area (TPSA) is 38.3 Å². The number of amides is 1. The molecule has 0 saturated heterocycles. The highest BCUT2D eigenvalue weighted by Crippen LogP contribution is 2.08. The molecule has 3 heteroatoms. The van der Waals surface area contributed by atoms with E-state index >= 15 is 0 Å². The Morgan fingerprint density at radius 1 is 1.21 bits per heavy atom. The number of hydrogen-bond donors (Lipinski definition) is 1. The lowest BCUT2D eigenvalue weighted by atomic mass is 10.1. The molecular formula is C11H19NO2. The number of rotatable bonds is 1. The third-order valence-corrected chi connectivity index (χ3v) is 1.25. The second-order valence-corrected chi connectivity index (χ2v) is 4.63. The molecule has 14 heavy (non-hydrogen) atoms. The van der Waals surface area contributed by atoms with E-state index in [1.807, 2.05) is 34.6 Å². The van der Waals surface area contributed by atoms with E-state index in [0.717, 1.165) is 0 Å². The molecule has 0 aliphatic carbocycles. The fourth-order valence-corrected chi connectivity index (χ4v) is 0.903. The fraction of sp³-hybridized carbons (Fsp3) is 0.727.